The molecule has 2 amide bonds. The van der Waals surface area contributed by atoms with Gasteiger partial charge >= 0.3 is 0 Å². The van der Waals surface area contributed by atoms with Gasteiger partial charge in [-0.2, -0.15) is 0 Å². The van der Waals surface area contributed by atoms with E-state index >= 15 is 0 Å². The summed E-state index contributed by atoms with van der Waals surface area (Å²) in [6.07, 6.45) is 1.73. The van der Waals surface area contributed by atoms with Gasteiger partial charge in [0.15, 0.2) is 0 Å². The van der Waals surface area contributed by atoms with Crippen LogP contribution in [0.4, 0.5) is 5.88 Å². The minimum Gasteiger partial charge on any atom is -0.365 e. The van der Waals surface area contributed by atoms with Gasteiger partial charge in [0.25, 0.3) is 5.91 Å². The van der Waals surface area contributed by atoms with Gasteiger partial charge < -0.3 is 10.3 Å². The summed E-state index contributed by atoms with van der Waals surface area (Å²) in [5, 5.41) is 8.26. The van der Waals surface area contributed by atoms with Crippen LogP contribution in [-0.2, 0) is 4.79 Å². The van der Waals surface area contributed by atoms with Crippen molar-refractivity contribution in [1.82, 2.24) is 5.16 Å². The Bertz CT molecular complexity index is 629. The summed E-state index contributed by atoms with van der Waals surface area (Å²) in [5.74, 6) is -0.782. The van der Waals surface area contributed by atoms with Crippen molar-refractivity contribution in [1.29, 1.82) is 0 Å². The minimum atomic E-state index is -0.671. The molecule has 0 bridgehead atoms. The zero-order valence-electron chi connectivity index (χ0n) is 9.88. The van der Waals surface area contributed by atoms with Crippen molar-refractivity contribution in [2.75, 3.05) is 5.32 Å². The van der Waals surface area contributed by atoms with Gasteiger partial charge in [0.1, 0.15) is 11.3 Å². The lowest BCUT2D eigenvalue weighted by atomic mass is 10.2. The zero-order chi connectivity index (χ0) is 13.4. The smallest absolute Gasteiger partial charge is 0.256 e. The van der Waals surface area contributed by atoms with Crippen molar-refractivity contribution in [2.45, 2.75) is 12.8 Å². The molecule has 2 heterocycles. The third-order valence-electron chi connectivity index (χ3n) is 2.88. The fourth-order valence-corrected chi connectivity index (χ4v) is 2.46. The largest absolute Gasteiger partial charge is 0.365 e. The van der Waals surface area contributed by atoms with Gasteiger partial charge in [-0.15, -0.1) is 11.3 Å². The number of carbonyl (C=O) groups is 2. The van der Waals surface area contributed by atoms with E-state index in [-0.39, 0.29) is 23.3 Å². The second kappa shape index (κ2) is 4.51. The number of hydrogen-bond acceptors (Lipinski definition) is 5. The summed E-state index contributed by atoms with van der Waals surface area (Å²) in [5.41, 5.74) is 5.84. The molecule has 0 atom stereocenters. The van der Waals surface area contributed by atoms with Crippen molar-refractivity contribution in [3.63, 3.8) is 0 Å². The molecule has 1 aliphatic carbocycles. The maximum Gasteiger partial charge on any atom is 0.256 e. The van der Waals surface area contributed by atoms with Crippen LogP contribution in [-0.4, -0.2) is 17.0 Å². The van der Waals surface area contributed by atoms with E-state index in [4.69, 9.17) is 10.3 Å². The molecule has 2 aromatic heterocycles. The highest BCUT2D eigenvalue weighted by Gasteiger charge is 2.32. The number of nitrogens with zero attached hydrogens (tertiary/aromatic N) is 1. The molecule has 7 heteroatoms. The number of amides is 2. The Kier molecular flexibility index (Phi) is 2.83. The Hall–Kier alpha value is -2.15. The van der Waals surface area contributed by atoms with Crippen LogP contribution in [0, 0.1) is 5.92 Å². The molecule has 19 heavy (non-hydrogen) atoms. The fraction of sp³-hybridized carbons (Fsp3) is 0.250. The van der Waals surface area contributed by atoms with Crippen LogP contribution in [0.15, 0.2) is 22.0 Å². The molecular formula is C12H11N3O3S. The molecule has 0 aliphatic heterocycles. The average molecular weight is 277 g/mol. The van der Waals surface area contributed by atoms with E-state index in [9.17, 15) is 9.59 Å². The molecule has 0 saturated heterocycles. The standard InChI is InChI=1S/C12H11N3O3S/c13-10(16)8-9(7-2-1-5-19-7)15-18-12(8)14-11(17)6-3-4-6/h1-2,5-6H,3-4H2,(H2,13,16)(H,14,17). The second-order valence-corrected chi connectivity index (χ2v) is 5.29. The first-order valence-corrected chi connectivity index (χ1v) is 6.69. The Labute approximate surface area is 112 Å². The Morgan fingerprint density at radius 3 is 2.84 bits per heavy atom. The Morgan fingerprint density at radius 2 is 2.26 bits per heavy atom. The number of carbonyl (C=O) groups excluding carboxylic acids is 2. The van der Waals surface area contributed by atoms with Gasteiger partial charge in [0.05, 0.1) is 4.88 Å². The van der Waals surface area contributed by atoms with E-state index in [1.165, 1.54) is 11.3 Å². The summed E-state index contributed by atoms with van der Waals surface area (Å²) in [6, 6.07) is 3.64. The van der Waals surface area contributed by atoms with Crippen LogP contribution < -0.4 is 11.1 Å². The monoisotopic (exact) mass is 277 g/mol. The first-order chi connectivity index (χ1) is 9.16. The molecule has 1 saturated carbocycles. The van der Waals surface area contributed by atoms with Gasteiger partial charge in [0.2, 0.25) is 11.8 Å². The molecule has 3 rings (SSSR count). The van der Waals surface area contributed by atoms with E-state index in [0.717, 1.165) is 17.7 Å². The van der Waals surface area contributed by atoms with E-state index in [1.807, 2.05) is 11.4 Å². The molecular weight excluding hydrogens is 266 g/mol. The van der Waals surface area contributed by atoms with Crippen LogP contribution in [0.3, 0.4) is 0 Å². The number of anilines is 1. The maximum atomic E-state index is 11.7. The zero-order valence-corrected chi connectivity index (χ0v) is 10.7. The van der Waals surface area contributed by atoms with Gasteiger partial charge in [0, 0.05) is 5.92 Å². The number of thiophene rings is 1. The number of hydrogen-bond donors (Lipinski definition) is 2. The van der Waals surface area contributed by atoms with Crippen LogP contribution in [0.2, 0.25) is 0 Å². The molecule has 0 aromatic carbocycles. The van der Waals surface area contributed by atoms with Crippen LogP contribution in [0.25, 0.3) is 10.6 Å². The maximum absolute atomic E-state index is 11.7. The summed E-state index contributed by atoms with van der Waals surface area (Å²) in [4.78, 5) is 24.0. The highest BCUT2D eigenvalue weighted by Crippen LogP contribution is 2.34. The lowest BCUT2D eigenvalue weighted by Crippen LogP contribution is -2.18. The number of rotatable bonds is 4. The van der Waals surface area contributed by atoms with Crippen LogP contribution >= 0.6 is 11.3 Å². The first-order valence-electron chi connectivity index (χ1n) is 5.81. The molecule has 0 spiro atoms. The molecule has 2 aromatic rings. The highest BCUT2D eigenvalue weighted by atomic mass is 32.1. The summed E-state index contributed by atoms with van der Waals surface area (Å²) in [6.45, 7) is 0. The van der Waals surface area contributed by atoms with Crippen molar-refractivity contribution in [3.05, 3.63) is 23.1 Å². The first kappa shape index (κ1) is 11.9. The van der Waals surface area contributed by atoms with E-state index < -0.39 is 5.91 Å². The van der Waals surface area contributed by atoms with Gasteiger partial charge in [-0.25, -0.2) is 0 Å². The Balaban J connectivity index is 1.96. The predicted octanol–water partition coefficient (Wildman–Crippen LogP) is 1.85. The van der Waals surface area contributed by atoms with Gasteiger partial charge in [-0.05, 0) is 24.3 Å². The van der Waals surface area contributed by atoms with Gasteiger partial charge in [-0.3, -0.25) is 14.9 Å². The van der Waals surface area contributed by atoms with Crippen molar-refractivity contribution >= 4 is 29.0 Å². The average Bonchev–Trinajstić information content (AvgIpc) is 2.92. The van der Waals surface area contributed by atoms with Crippen LogP contribution in [0.1, 0.15) is 23.2 Å². The molecule has 0 unspecified atom stereocenters. The normalized spacial score (nSPS) is 14.3. The third-order valence-corrected chi connectivity index (χ3v) is 3.75. The van der Waals surface area contributed by atoms with Crippen molar-refractivity contribution < 1.29 is 14.1 Å². The minimum absolute atomic E-state index is 0.0102. The SMILES string of the molecule is NC(=O)c1c(-c2cccs2)noc1NC(=O)C1CC1. The molecule has 3 N–H and O–H groups in total. The Morgan fingerprint density at radius 1 is 1.47 bits per heavy atom. The second-order valence-electron chi connectivity index (χ2n) is 4.34. The quantitative estimate of drug-likeness (QED) is 0.891. The topological polar surface area (TPSA) is 98.2 Å². The molecule has 1 aliphatic rings. The van der Waals surface area contributed by atoms with Gasteiger partial charge in [-0.1, -0.05) is 11.2 Å². The number of nitrogens with two attached hydrogens (primary N) is 1. The molecule has 1 fully saturated rings. The van der Waals surface area contributed by atoms with E-state index in [1.54, 1.807) is 6.07 Å². The number of nitrogens with one attached hydrogen (secondary N) is 1. The summed E-state index contributed by atoms with van der Waals surface area (Å²) >= 11 is 1.42. The van der Waals surface area contributed by atoms with Crippen molar-refractivity contribution in [3.8, 4) is 10.6 Å². The fourth-order valence-electron chi connectivity index (χ4n) is 1.74. The molecule has 98 valence electrons. The summed E-state index contributed by atoms with van der Waals surface area (Å²) in [7, 11) is 0. The lowest BCUT2D eigenvalue weighted by Gasteiger charge is -2.01. The van der Waals surface area contributed by atoms with Crippen LogP contribution in [0.5, 0.6) is 0 Å². The highest BCUT2D eigenvalue weighted by molar-refractivity contribution is 7.13. The number of aromatic nitrogens is 1. The third kappa shape index (κ3) is 2.24. The molecule has 6 nitrogen and oxygen atoms in total. The van der Waals surface area contributed by atoms with E-state index in [0.29, 0.717) is 5.69 Å². The number of primary amides is 1. The molecule has 0 radical (unpaired) electrons. The van der Waals surface area contributed by atoms with Crippen molar-refractivity contribution in [2.24, 2.45) is 11.7 Å². The lowest BCUT2D eigenvalue weighted by molar-refractivity contribution is -0.117. The summed E-state index contributed by atoms with van der Waals surface area (Å²) < 4.78 is 5.05. The van der Waals surface area contributed by atoms with E-state index in [2.05, 4.69) is 10.5 Å². The predicted molar refractivity (Wildman–Crippen MR) is 69.7 cm³/mol.